The maximum Gasteiger partial charge on any atom is 0.0361 e. The van der Waals surface area contributed by atoms with E-state index >= 15 is 0 Å². The number of hydrogen-bond acceptors (Lipinski definition) is 2. The maximum absolute atomic E-state index is 4.19. The fourth-order valence-electron chi connectivity index (χ4n) is 2.08. The Kier molecular flexibility index (Phi) is 5.55. The van der Waals surface area contributed by atoms with Crippen LogP contribution < -0.4 is 5.32 Å². The Morgan fingerprint density at radius 3 is 2.63 bits per heavy atom. The molecule has 1 atom stereocenters. The average molecular weight is 319 g/mol. The Hall–Kier alpha value is -1.19. The van der Waals surface area contributed by atoms with E-state index in [0.29, 0.717) is 6.04 Å². The smallest absolute Gasteiger partial charge is 0.0361 e. The number of aromatic nitrogens is 1. The standard InChI is InChI=1S/C16H19BrN2/c1-2-9-19-16(11-13-4-3-10-18-12-13)14-5-7-15(17)8-6-14/h3-8,10,12,16,19H,2,9,11H2,1H3. The quantitative estimate of drug-likeness (QED) is 0.866. The zero-order chi connectivity index (χ0) is 13.5. The average Bonchev–Trinajstić information content (AvgIpc) is 2.45. The SMILES string of the molecule is CCCNC(Cc1cccnc1)c1ccc(Br)cc1. The van der Waals surface area contributed by atoms with Crippen molar-refractivity contribution < 1.29 is 0 Å². The van der Waals surface area contributed by atoms with E-state index in [1.165, 1.54) is 11.1 Å². The van der Waals surface area contributed by atoms with Gasteiger partial charge in [-0.25, -0.2) is 0 Å². The van der Waals surface area contributed by atoms with E-state index < -0.39 is 0 Å². The molecule has 0 bridgehead atoms. The summed E-state index contributed by atoms with van der Waals surface area (Å²) in [5.74, 6) is 0. The number of nitrogens with zero attached hydrogens (tertiary/aromatic N) is 1. The van der Waals surface area contributed by atoms with Gasteiger partial charge < -0.3 is 5.32 Å². The molecular weight excluding hydrogens is 300 g/mol. The van der Waals surface area contributed by atoms with E-state index in [1.54, 1.807) is 0 Å². The van der Waals surface area contributed by atoms with Crippen LogP contribution in [-0.2, 0) is 6.42 Å². The number of pyridine rings is 1. The minimum Gasteiger partial charge on any atom is -0.310 e. The fourth-order valence-corrected chi connectivity index (χ4v) is 2.34. The van der Waals surface area contributed by atoms with Crippen LogP contribution >= 0.6 is 15.9 Å². The van der Waals surface area contributed by atoms with Crippen molar-refractivity contribution in [2.24, 2.45) is 0 Å². The molecule has 1 unspecified atom stereocenters. The van der Waals surface area contributed by atoms with Gasteiger partial charge in [0.15, 0.2) is 0 Å². The first kappa shape index (κ1) is 14.2. The van der Waals surface area contributed by atoms with E-state index in [-0.39, 0.29) is 0 Å². The van der Waals surface area contributed by atoms with Gasteiger partial charge in [0.2, 0.25) is 0 Å². The third kappa shape index (κ3) is 4.44. The van der Waals surface area contributed by atoms with Gasteiger partial charge in [-0.05, 0) is 48.7 Å². The maximum atomic E-state index is 4.19. The van der Waals surface area contributed by atoms with E-state index in [4.69, 9.17) is 0 Å². The molecule has 0 saturated heterocycles. The minimum atomic E-state index is 0.345. The van der Waals surface area contributed by atoms with Gasteiger partial charge in [-0.15, -0.1) is 0 Å². The van der Waals surface area contributed by atoms with Crippen LogP contribution in [0, 0.1) is 0 Å². The molecule has 0 aliphatic carbocycles. The van der Waals surface area contributed by atoms with Crippen LogP contribution in [0.1, 0.15) is 30.5 Å². The number of hydrogen-bond donors (Lipinski definition) is 1. The molecule has 0 aliphatic rings. The van der Waals surface area contributed by atoms with E-state index in [1.807, 2.05) is 18.5 Å². The minimum absolute atomic E-state index is 0.345. The fraction of sp³-hybridized carbons (Fsp3) is 0.312. The van der Waals surface area contributed by atoms with Crippen molar-refractivity contribution in [3.05, 3.63) is 64.4 Å². The Labute approximate surface area is 123 Å². The highest BCUT2D eigenvalue weighted by molar-refractivity contribution is 9.10. The van der Waals surface area contributed by atoms with Gasteiger partial charge in [-0.2, -0.15) is 0 Å². The van der Waals surface area contributed by atoms with Crippen LogP contribution in [0.15, 0.2) is 53.3 Å². The third-order valence-corrected chi connectivity index (χ3v) is 3.60. The molecule has 0 radical (unpaired) electrons. The zero-order valence-electron chi connectivity index (χ0n) is 11.1. The van der Waals surface area contributed by atoms with Crippen molar-refractivity contribution in [2.75, 3.05) is 6.54 Å². The molecule has 3 heteroatoms. The van der Waals surface area contributed by atoms with Crippen LogP contribution in [0.5, 0.6) is 0 Å². The first-order valence-corrected chi connectivity index (χ1v) is 7.46. The Morgan fingerprint density at radius 2 is 2.00 bits per heavy atom. The molecule has 100 valence electrons. The summed E-state index contributed by atoms with van der Waals surface area (Å²) in [6.45, 7) is 3.22. The summed E-state index contributed by atoms with van der Waals surface area (Å²) in [7, 11) is 0. The molecular formula is C16H19BrN2. The monoisotopic (exact) mass is 318 g/mol. The lowest BCUT2D eigenvalue weighted by molar-refractivity contribution is 0.528. The summed E-state index contributed by atoms with van der Waals surface area (Å²) in [6.07, 6.45) is 5.87. The summed E-state index contributed by atoms with van der Waals surface area (Å²) in [4.78, 5) is 4.19. The van der Waals surface area contributed by atoms with Crippen molar-refractivity contribution in [3.8, 4) is 0 Å². The Morgan fingerprint density at radius 1 is 1.21 bits per heavy atom. The van der Waals surface area contributed by atoms with Crippen molar-refractivity contribution in [3.63, 3.8) is 0 Å². The van der Waals surface area contributed by atoms with Crippen LogP contribution in [0.2, 0.25) is 0 Å². The lowest BCUT2D eigenvalue weighted by atomic mass is 10.00. The highest BCUT2D eigenvalue weighted by Gasteiger charge is 2.11. The largest absolute Gasteiger partial charge is 0.310 e. The highest BCUT2D eigenvalue weighted by Crippen LogP contribution is 2.20. The van der Waals surface area contributed by atoms with Gasteiger partial charge >= 0.3 is 0 Å². The molecule has 2 rings (SSSR count). The molecule has 0 aliphatic heterocycles. The van der Waals surface area contributed by atoms with Crippen LogP contribution in [0.25, 0.3) is 0 Å². The zero-order valence-corrected chi connectivity index (χ0v) is 12.7. The first-order chi connectivity index (χ1) is 9.29. The van der Waals surface area contributed by atoms with Crippen LogP contribution in [-0.4, -0.2) is 11.5 Å². The molecule has 2 aromatic rings. The Bertz CT molecular complexity index is 482. The van der Waals surface area contributed by atoms with Crippen molar-refractivity contribution in [2.45, 2.75) is 25.8 Å². The second kappa shape index (κ2) is 7.41. The van der Waals surface area contributed by atoms with Gasteiger partial charge in [0, 0.05) is 22.9 Å². The van der Waals surface area contributed by atoms with E-state index in [0.717, 1.165) is 23.9 Å². The first-order valence-electron chi connectivity index (χ1n) is 6.67. The summed E-state index contributed by atoms with van der Waals surface area (Å²) >= 11 is 3.48. The number of rotatable bonds is 6. The lowest BCUT2D eigenvalue weighted by Gasteiger charge is -2.19. The number of benzene rings is 1. The van der Waals surface area contributed by atoms with Crippen LogP contribution in [0.4, 0.5) is 0 Å². The summed E-state index contributed by atoms with van der Waals surface area (Å²) in [6, 6.07) is 13.0. The van der Waals surface area contributed by atoms with Gasteiger partial charge in [-0.3, -0.25) is 4.98 Å². The molecule has 1 aromatic heterocycles. The van der Waals surface area contributed by atoms with Crippen LogP contribution in [0.3, 0.4) is 0 Å². The lowest BCUT2D eigenvalue weighted by Crippen LogP contribution is -2.24. The molecule has 1 N–H and O–H groups in total. The predicted molar refractivity (Wildman–Crippen MR) is 83.1 cm³/mol. The van der Waals surface area contributed by atoms with Gasteiger partial charge in [0.05, 0.1) is 0 Å². The molecule has 0 amide bonds. The number of halogens is 1. The molecule has 0 saturated carbocycles. The summed E-state index contributed by atoms with van der Waals surface area (Å²) in [5.41, 5.74) is 2.58. The normalized spacial score (nSPS) is 12.3. The number of nitrogens with one attached hydrogen (secondary N) is 1. The van der Waals surface area contributed by atoms with Gasteiger partial charge in [0.1, 0.15) is 0 Å². The third-order valence-electron chi connectivity index (χ3n) is 3.08. The molecule has 2 nitrogen and oxygen atoms in total. The molecule has 0 spiro atoms. The molecule has 19 heavy (non-hydrogen) atoms. The summed E-state index contributed by atoms with van der Waals surface area (Å²) in [5, 5.41) is 3.61. The second-order valence-corrected chi connectivity index (χ2v) is 5.54. The van der Waals surface area contributed by atoms with Gasteiger partial charge in [-0.1, -0.05) is 41.1 Å². The van der Waals surface area contributed by atoms with Crippen molar-refractivity contribution >= 4 is 15.9 Å². The molecule has 0 fully saturated rings. The topological polar surface area (TPSA) is 24.9 Å². The van der Waals surface area contributed by atoms with E-state index in [2.05, 4.69) is 63.5 Å². The predicted octanol–water partition coefficient (Wildman–Crippen LogP) is 4.13. The highest BCUT2D eigenvalue weighted by atomic mass is 79.9. The second-order valence-electron chi connectivity index (χ2n) is 4.62. The van der Waals surface area contributed by atoms with Crippen molar-refractivity contribution in [1.29, 1.82) is 0 Å². The van der Waals surface area contributed by atoms with E-state index in [9.17, 15) is 0 Å². The molecule has 1 heterocycles. The molecule has 1 aromatic carbocycles. The van der Waals surface area contributed by atoms with Gasteiger partial charge in [0.25, 0.3) is 0 Å². The van der Waals surface area contributed by atoms with Crippen molar-refractivity contribution in [1.82, 2.24) is 10.3 Å². The summed E-state index contributed by atoms with van der Waals surface area (Å²) < 4.78 is 1.12. The Balaban J connectivity index is 2.13.